The second-order valence-electron chi connectivity index (χ2n) is 6.60. The van der Waals surface area contributed by atoms with Crippen LogP contribution >= 0.6 is 0 Å². The van der Waals surface area contributed by atoms with Crippen LogP contribution in [0.2, 0.25) is 0 Å². The molecule has 2 atom stereocenters. The largest absolute Gasteiger partial charge is 0.334 e. The molecule has 26 heavy (non-hydrogen) atoms. The number of rotatable bonds is 7. The molecule has 0 radical (unpaired) electrons. The van der Waals surface area contributed by atoms with Crippen LogP contribution in [0, 0.1) is 5.82 Å². The summed E-state index contributed by atoms with van der Waals surface area (Å²) in [5.41, 5.74) is 0.488. The van der Waals surface area contributed by atoms with E-state index in [0.717, 1.165) is 0 Å². The number of sulfone groups is 1. The maximum atomic E-state index is 12.9. The van der Waals surface area contributed by atoms with E-state index in [9.17, 15) is 22.4 Å². The minimum Gasteiger partial charge on any atom is -0.334 e. The lowest BCUT2D eigenvalue weighted by atomic mass is 10.2. The van der Waals surface area contributed by atoms with Gasteiger partial charge < -0.3 is 15.1 Å². The molecule has 2 N–H and O–H groups in total. The van der Waals surface area contributed by atoms with Crippen LogP contribution in [0.25, 0.3) is 0 Å². The Hall–Kier alpha value is -2.00. The average Bonchev–Trinajstić information content (AvgIpc) is 2.89. The Bertz CT molecular complexity index is 752. The second kappa shape index (κ2) is 8.59. The number of quaternary nitrogens is 1. The molecule has 0 saturated carbocycles. The topological polar surface area (TPSA) is 88.0 Å². The van der Waals surface area contributed by atoms with Crippen molar-refractivity contribution in [2.24, 2.45) is 0 Å². The van der Waals surface area contributed by atoms with E-state index >= 15 is 0 Å². The van der Waals surface area contributed by atoms with E-state index in [1.807, 2.05) is 6.92 Å². The minimum absolute atomic E-state index is 0.0106. The van der Waals surface area contributed by atoms with Crippen LogP contribution in [0.15, 0.2) is 24.3 Å². The number of benzene rings is 1. The van der Waals surface area contributed by atoms with Crippen LogP contribution in [0.4, 0.5) is 10.1 Å². The monoisotopic (exact) mass is 386 g/mol. The van der Waals surface area contributed by atoms with Crippen LogP contribution in [0.1, 0.15) is 13.3 Å². The predicted molar refractivity (Wildman–Crippen MR) is 96.1 cm³/mol. The van der Waals surface area contributed by atoms with Crippen molar-refractivity contribution in [2.45, 2.75) is 19.4 Å². The number of carbonyl (C=O) groups excluding carboxylic acids is 2. The molecule has 0 aliphatic carbocycles. The normalized spacial score (nSPS) is 19.7. The third kappa shape index (κ3) is 5.77. The van der Waals surface area contributed by atoms with Gasteiger partial charge in [0.25, 0.3) is 11.8 Å². The number of nitrogens with zero attached hydrogens (tertiary/aromatic N) is 1. The van der Waals surface area contributed by atoms with Gasteiger partial charge in [0.1, 0.15) is 5.82 Å². The number of hydrogen-bond acceptors (Lipinski definition) is 4. The second-order valence-corrected chi connectivity index (χ2v) is 8.83. The fourth-order valence-electron chi connectivity index (χ4n) is 3.09. The van der Waals surface area contributed by atoms with Gasteiger partial charge in [-0.1, -0.05) is 0 Å². The van der Waals surface area contributed by atoms with Crippen molar-refractivity contribution in [3.8, 4) is 0 Å². The first-order valence-corrected chi connectivity index (χ1v) is 10.4. The van der Waals surface area contributed by atoms with Crippen LogP contribution in [-0.4, -0.2) is 69.4 Å². The molecular weight excluding hydrogens is 361 g/mol. The smallest absolute Gasteiger partial charge is 0.279 e. The zero-order valence-electron chi connectivity index (χ0n) is 15.0. The van der Waals surface area contributed by atoms with Crippen molar-refractivity contribution in [3.63, 3.8) is 0 Å². The van der Waals surface area contributed by atoms with Crippen LogP contribution in [0.3, 0.4) is 0 Å². The number of likely N-dealkylation sites (N-methyl/N-ethyl adjacent to an activating group) is 2. The van der Waals surface area contributed by atoms with E-state index in [-0.39, 0.29) is 48.3 Å². The Morgan fingerprint density at radius 3 is 2.46 bits per heavy atom. The summed E-state index contributed by atoms with van der Waals surface area (Å²) in [6, 6.07) is 5.16. The van der Waals surface area contributed by atoms with Crippen LogP contribution in [-0.2, 0) is 19.4 Å². The Morgan fingerprint density at radius 1 is 1.27 bits per heavy atom. The first kappa shape index (κ1) is 20.3. The molecule has 1 aromatic carbocycles. The number of amides is 2. The van der Waals surface area contributed by atoms with Crippen molar-refractivity contribution >= 4 is 27.3 Å². The molecule has 0 aromatic heterocycles. The van der Waals surface area contributed by atoms with E-state index in [0.29, 0.717) is 23.6 Å². The van der Waals surface area contributed by atoms with E-state index in [4.69, 9.17) is 0 Å². The molecule has 1 aromatic rings. The molecule has 1 unspecified atom stereocenters. The Morgan fingerprint density at radius 2 is 1.92 bits per heavy atom. The summed E-state index contributed by atoms with van der Waals surface area (Å²) >= 11 is 0. The Balaban J connectivity index is 1.85. The van der Waals surface area contributed by atoms with E-state index < -0.39 is 9.84 Å². The molecular formula is C17H25FN3O4S+. The van der Waals surface area contributed by atoms with Gasteiger partial charge in [-0.25, -0.2) is 12.8 Å². The molecule has 0 bridgehead atoms. The van der Waals surface area contributed by atoms with Gasteiger partial charge in [-0.2, -0.15) is 0 Å². The van der Waals surface area contributed by atoms with Gasteiger partial charge >= 0.3 is 0 Å². The zero-order chi connectivity index (χ0) is 19.3. The molecule has 1 fully saturated rings. The van der Waals surface area contributed by atoms with Gasteiger partial charge in [-0.3, -0.25) is 9.59 Å². The lowest BCUT2D eigenvalue weighted by Gasteiger charge is -2.27. The highest BCUT2D eigenvalue weighted by molar-refractivity contribution is 7.91. The van der Waals surface area contributed by atoms with Gasteiger partial charge in [0, 0.05) is 18.3 Å². The standard InChI is InChI=1S/C17H24FN3O4S/c1-3-21(15-8-9-26(24,25)12-15)17(23)11-20(2)10-16(22)19-14-6-4-13(18)5-7-14/h4-7,15H,3,8-12H2,1-2H3,(H,19,22)/p+1/t15-/m1/s1. The molecule has 1 aliphatic rings. The summed E-state index contributed by atoms with van der Waals surface area (Å²) in [4.78, 5) is 26.8. The third-order valence-corrected chi connectivity index (χ3v) is 6.10. The molecule has 0 spiro atoms. The zero-order valence-corrected chi connectivity index (χ0v) is 15.8. The van der Waals surface area contributed by atoms with Crippen molar-refractivity contribution < 1.29 is 27.3 Å². The van der Waals surface area contributed by atoms with Crippen molar-refractivity contribution in [1.82, 2.24) is 4.90 Å². The number of anilines is 1. The van der Waals surface area contributed by atoms with Gasteiger partial charge in [-0.15, -0.1) is 0 Å². The van der Waals surface area contributed by atoms with Gasteiger partial charge in [0.05, 0.1) is 18.6 Å². The minimum atomic E-state index is -3.06. The van der Waals surface area contributed by atoms with E-state index in [1.165, 1.54) is 24.3 Å². The lowest BCUT2D eigenvalue weighted by molar-refractivity contribution is -0.862. The van der Waals surface area contributed by atoms with Gasteiger partial charge in [0.2, 0.25) is 0 Å². The summed E-state index contributed by atoms with van der Waals surface area (Å²) in [5.74, 6) is -0.707. The highest BCUT2D eigenvalue weighted by Crippen LogP contribution is 2.17. The number of hydrogen-bond donors (Lipinski definition) is 2. The molecule has 7 nitrogen and oxygen atoms in total. The van der Waals surface area contributed by atoms with Crippen molar-refractivity contribution in [1.29, 1.82) is 0 Å². The van der Waals surface area contributed by atoms with E-state index in [2.05, 4.69) is 5.32 Å². The first-order valence-electron chi connectivity index (χ1n) is 8.57. The Labute approximate surface area is 153 Å². The average molecular weight is 386 g/mol. The molecule has 144 valence electrons. The first-order chi connectivity index (χ1) is 12.2. The maximum absolute atomic E-state index is 12.9. The SMILES string of the molecule is CCN(C(=O)C[NH+](C)CC(=O)Nc1ccc(F)cc1)[C@@H]1CCS(=O)(=O)C1. The summed E-state index contributed by atoms with van der Waals surface area (Å²) in [5, 5.41) is 2.65. The van der Waals surface area contributed by atoms with Crippen molar-refractivity contribution in [3.05, 3.63) is 30.1 Å². The number of nitrogens with one attached hydrogen (secondary N) is 2. The highest BCUT2D eigenvalue weighted by atomic mass is 32.2. The number of carbonyl (C=O) groups is 2. The maximum Gasteiger partial charge on any atom is 0.279 e. The fraction of sp³-hybridized carbons (Fsp3) is 0.529. The van der Waals surface area contributed by atoms with Crippen LogP contribution in [0.5, 0.6) is 0 Å². The molecule has 1 saturated heterocycles. The lowest BCUT2D eigenvalue weighted by Crippen LogP contribution is -3.11. The van der Waals surface area contributed by atoms with Gasteiger partial charge in [-0.05, 0) is 37.6 Å². The van der Waals surface area contributed by atoms with E-state index in [1.54, 1.807) is 11.9 Å². The molecule has 1 aliphatic heterocycles. The molecule has 2 rings (SSSR count). The quantitative estimate of drug-likeness (QED) is 0.650. The third-order valence-electron chi connectivity index (χ3n) is 4.35. The molecule has 9 heteroatoms. The van der Waals surface area contributed by atoms with Crippen LogP contribution < -0.4 is 10.2 Å². The molecule has 2 amide bonds. The van der Waals surface area contributed by atoms with Crippen molar-refractivity contribution in [2.75, 3.05) is 43.5 Å². The summed E-state index contributed by atoms with van der Waals surface area (Å²) < 4.78 is 36.1. The summed E-state index contributed by atoms with van der Waals surface area (Å²) in [7, 11) is -1.34. The highest BCUT2D eigenvalue weighted by Gasteiger charge is 2.34. The number of halogens is 1. The summed E-state index contributed by atoms with van der Waals surface area (Å²) in [6.45, 7) is 2.43. The summed E-state index contributed by atoms with van der Waals surface area (Å²) in [6.07, 6.45) is 0.464. The fourth-order valence-corrected chi connectivity index (χ4v) is 4.82. The van der Waals surface area contributed by atoms with Gasteiger partial charge in [0.15, 0.2) is 22.9 Å². The Kier molecular flexibility index (Phi) is 6.71. The predicted octanol–water partition coefficient (Wildman–Crippen LogP) is -0.685. The molecule has 1 heterocycles.